The maximum Gasteiger partial charge on any atom is 0.118 e. The summed E-state index contributed by atoms with van der Waals surface area (Å²) in [5, 5.41) is 2.40. The number of piperidine rings is 2. The van der Waals surface area contributed by atoms with E-state index in [9.17, 15) is 0 Å². The highest BCUT2D eigenvalue weighted by Gasteiger charge is 2.44. The van der Waals surface area contributed by atoms with Crippen molar-refractivity contribution in [2.75, 3.05) is 31.6 Å². The Morgan fingerprint density at radius 3 is 2.31 bits per heavy atom. The Morgan fingerprint density at radius 2 is 1.66 bits per heavy atom. The zero-order valence-electron chi connectivity index (χ0n) is 20.2. The lowest BCUT2D eigenvalue weighted by molar-refractivity contribution is 0.0715. The van der Waals surface area contributed by atoms with Crippen LogP contribution in [0.5, 0.6) is 5.75 Å². The van der Waals surface area contributed by atoms with Gasteiger partial charge in [-0.2, -0.15) is 0 Å². The highest BCUT2D eigenvalue weighted by atomic mass is 35.5. The molecule has 0 aromatic heterocycles. The van der Waals surface area contributed by atoms with Gasteiger partial charge >= 0.3 is 0 Å². The second kappa shape index (κ2) is 10.8. The van der Waals surface area contributed by atoms with Crippen molar-refractivity contribution < 1.29 is 4.74 Å². The van der Waals surface area contributed by atoms with E-state index in [0.29, 0.717) is 11.5 Å². The highest BCUT2D eigenvalue weighted by Crippen LogP contribution is 2.47. The minimum Gasteiger partial charge on any atom is -0.497 e. The van der Waals surface area contributed by atoms with Crippen molar-refractivity contribution in [3.63, 3.8) is 0 Å². The maximum atomic E-state index is 6.75. The molecule has 5 rings (SSSR count). The molecule has 2 fully saturated rings. The zero-order valence-corrected chi connectivity index (χ0v) is 22.5. The SMILES string of the molecule is COc1ccc(CN2CCC3(CC[C@H](C4CC=C(Cl)C=C4Cl)N(c4ccc(Cl)cc4)C3)CC2)cc1. The average Bonchev–Trinajstić information content (AvgIpc) is 2.87. The Morgan fingerprint density at radius 1 is 0.943 bits per heavy atom. The Hall–Kier alpha value is -1.65. The lowest BCUT2D eigenvalue weighted by Crippen LogP contribution is -2.55. The molecule has 2 heterocycles. The number of allylic oxidation sites excluding steroid dienone is 3. The van der Waals surface area contributed by atoms with E-state index in [-0.39, 0.29) is 5.92 Å². The number of halogens is 3. The monoisotopic (exact) mass is 530 g/mol. The van der Waals surface area contributed by atoms with E-state index in [2.05, 4.69) is 52.3 Å². The summed E-state index contributed by atoms with van der Waals surface area (Å²) in [4.78, 5) is 5.21. The molecule has 1 spiro atoms. The van der Waals surface area contributed by atoms with Crippen molar-refractivity contribution in [2.24, 2.45) is 11.3 Å². The second-order valence-electron chi connectivity index (χ2n) is 10.3. The number of nitrogens with zero attached hydrogens (tertiary/aromatic N) is 2. The highest BCUT2D eigenvalue weighted by molar-refractivity contribution is 6.35. The van der Waals surface area contributed by atoms with Gasteiger partial charge in [0, 0.05) is 45.8 Å². The first-order chi connectivity index (χ1) is 16.9. The van der Waals surface area contributed by atoms with Gasteiger partial charge in [-0.15, -0.1) is 0 Å². The molecule has 2 aromatic carbocycles. The number of benzene rings is 2. The zero-order chi connectivity index (χ0) is 24.4. The standard InChI is InChI=1S/C29H33Cl3N2O/c1-35-25-9-2-21(3-10-25)19-33-16-14-29(15-17-33)13-12-28(26-11-6-23(31)18-27(26)32)34(20-29)24-7-4-22(30)5-8-24/h2-10,18,26,28H,11-17,19-20H2,1H3/t26?,28-/m1/s1. The van der Waals surface area contributed by atoms with E-state index in [1.54, 1.807) is 7.11 Å². The van der Waals surface area contributed by atoms with Crippen LogP contribution in [-0.4, -0.2) is 37.7 Å². The molecule has 3 aliphatic rings. The number of ether oxygens (including phenoxy) is 1. The summed E-state index contributed by atoms with van der Waals surface area (Å²) in [6.07, 6.45) is 9.77. The first-order valence-electron chi connectivity index (χ1n) is 12.5. The molecule has 2 saturated heterocycles. The Kier molecular flexibility index (Phi) is 7.69. The van der Waals surface area contributed by atoms with Crippen LogP contribution in [0, 0.1) is 11.3 Å². The van der Waals surface area contributed by atoms with Gasteiger partial charge in [0.15, 0.2) is 0 Å². The second-order valence-corrected chi connectivity index (χ2v) is 11.6. The molecular weight excluding hydrogens is 499 g/mol. The van der Waals surface area contributed by atoms with Crippen LogP contribution in [0.4, 0.5) is 5.69 Å². The molecule has 6 heteroatoms. The number of hydrogen-bond acceptors (Lipinski definition) is 3. The van der Waals surface area contributed by atoms with E-state index < -0.39 is 0 Å². The van der Waals surface area contributed by atoms with Crippen LogP contribution < -0.4 is 9.64 Å². The summed E-state index contributed by atoms with van der Waals surface area (Å²) in [6.45, 7) is 4.33. The number of likely N-dealkylation sites (tertiary alicyclic amines) is 1. The first kappa shape index (κ1) is 25.0. The van der Waals surface area contributed by atoms with Gasteiger partial charge < -0.3 is 9.64 Å². The lowest BCUT2D eigenvalue weighted by Gasteiger charge is -2.53. The molecule has 1 unspecified atom stereocenters. The van der Waals surface area contributed by atoms with Gasteiger partial charge in [0.05, 0.1) is 7.11 Å². The number of hydrogen-bond donors (Lipinski definition) is 0. The van der Waals surface area contributed by atoms with Gasteiger partial charge in [-0.25, -0.2) is 0 Å². The Balaban J connectivity index is 1.30. The van der Waals surface area contributed by atoms with Gasteiger partial charge in [0.2, 0.25) is 0 Å². The summed E-state index contributed by atoms with van der Waals surface area (Å²) in [6, 6.07) is 17.2. The molecule has 0 bridgehead atoms. The fraction of sp³-hybridized carbons (Fsp3) is 0.448. The molecule has 2 aromatic rings. The molecular formula is C29H33Cl3N2O. The quantitative estimate of drug-likeness (QED) is 0.390. The summed E-state index contributed by atoms with van der Waals surface area (Å²) in [5.41, 5.74) is 2.92. The van der Waals surface area contributed by atoms with Crippen LogP contribution in [0.15, 0.2) is 70.7 Å². The average molecular weight is 532 g/mol. The smallest absolute Gasteiger partial charge is 0.118 e. The number of anilines is 1. The third-order valence-corrected chi connectivity index (χ3v) is 9.08. The predicted molar refractivity (Wildman–Crippen MR) is 148 cm³/mol. The normalized spacial score (nSPS) is 24.7. The van der Waals surface area contributed by atoms with Gasteiger partial charge in [-0.1, -0.05) is 53.0 Å². The molecule has 2 atom stereocenters. The molecule has 186 valence electrons. The van der Waals surface area contributed by atoms with Crippen molar-refractivity contribution in [3.8, 4) is 5.75 Å². The fourth-order valence-corrected chi connectivity index (χ4v) is 6.82. The molecule has 3 nitrogen and oxygen atoms in total. The van der Waals surface area contributed by atoms with Gasteiger partial charge in [0.25, 0.3) is 0 Å². The third kappa shape index (κ3) is 5.69. The van der Waals surface area contributed by atoms with Gasteiger partial charge in [-0.05, 0) is 98.6 Å². The molecule has 0 amide bonds. The van der Waals surface area contributed by atoms with E-state index in [4.69, 9.17) is 39.5 Å². The van der Waals surface area contributed by atoms with Crippen LogP contribution in [-0.2, 0) is 6.54 Å². The Labute approximate surface area is 224 Å². The van der Waals surface area contributed by atoms with E-state index in [0.717, 1.165) is 59.9 Å². The number of methoxy groups -OCH3 is 1. The molecule has 0 N–H and O–H groups in total. The van der Waals surface area contributed by atoms with Crippen molar-refractivity contribution in [1.29, 1.82) is 0 Å². The van der Waals surface area contributed by atoms with Crippen LogP contribution in [0.25, 0.3) is 0 Å². The maximum absolute atomic E-state index is 6.75. The van der Waals surface area contributed by atoms with Crippen LogP contribution >= 0.6 is 34.8 Å². The van der Waals surface area contributed by atoms with Gasteiger partial charge in [-0.3, -0.25) is 4.90 Å². The lowest BCUT2D eigenvalue weighted by atomic mass is 9.69. The minimum absolute atomic E-state index is 0.280. The van der Waals surface area contributed by atoms with Crippen molar-refractivity contribution in [3.05, 3.63) is 81.3 Å². The molecule has 2 aliphatic heterocycles. The third-order valence-electron chi connectivity index (χ3n) is 8.18. The summed E-state index contributed by atoms with van der Waals surface area (Å²) in [7, 11) is 1.71. The Bertz CT molecular complexity index is 1070. The van der Waals surface area contributed by atoms with E-state index in [1.165, 1.54) is 30.5 Å². The van der Waals surface area contributed by atoms with E-state index in [1.807, 2.05) is 18.2 Å². The molecule has 0 saturated carbocycles. The molecule has 35 heavy (non-hydrogen) atoms. The molecule has 1 aliphatic carbocycles. The van der Waals surface area contributed by atoms with E-state index >= 15 is 0 Å². The summed E-state index contributed by atoms with van der Waals surface area (Å²) < 4.78 is 5.30. The topological polar surface area (TPSA) is 15.7 Å². The summed E-state index contributed by atoms with van der Waals surface area (Å²) >= 11 is 19.2. The minimum atomic E-state index is 0.280. The summed E-state index contributed by atoms with van der Waals surface area (Å²) in [5.74, 6) is 1.19. The van der Waals surface area contributed by atoms with Crippen LogP contribution in [0.1, 0.15) is 37.7 Å². The van der Waals surface area contributed by atoms with Crippen LogP contribution in [0.2, 0.25) is 5.02 Å². The van der Waals surface area contributed by atoms with Crippen molar-refractivity contribution in [1.82, 2.24) is 4.90 Å². The number of rotatable bonds is 5. The van der Waals surface area contributed by atoms with Gasteiger partial charge in [0.1, 0.15) is 5.75 Å². The van der Waals surface area contributed by atoms with Crippen molar-refractivity contribution in [2.45, 2.75) is 44.7 Å². The largest absolute Gasteiger partial charge is 0.497 e. The van der Waals surface area contributed by atoms with Crippen LogP contribution in [0.3, 0.4) is 0 Å². The van der Waals surface area contributed by atoms with Crippen molar-refractivity contribution >= 4 is 40.5 Å². The predicted octanol–water partition coefficient (Wildman–Crippen LogP) is 7.87. The first-order valence-corrected chi connectivity index (χ1v) is 13.7. The fourth-order valence-electron chi connectivity index (χ4n) is 6.07. The molecule has 0 radical (unpaired) electrons.